The van der Waals surface area contributed by atoms with E-state index >= 15 is 0 Å². The maximum Gasteiger partial charge on any atom is 0.269 e. The minimum absolute atomic E-state index is 0.172. The van der Waals surface area contributed by atoms with Gasteiger partial charge in [-0.25, -0.2) is 0 Å². The molecule has 0 amide bonds. The summed E-state index contributed by atoms with van der Waals surface area (Å²) in [6, 6.07) is 17.8. The zero-order chi connectivity index (χ0) is 17.6. The van der Waals surface area contributed by atoms with Crippen LogP contribution in [0.5, 0.6) is 0 Å². The molecule has 0 N–H and O–H groups in total. The third kappa shape index (κ3) is 4.65. The predicted octanol–water partition coefficient (Wildman–Crippen LogP) is 3.52. The van der Waals surface area contributed by atoms with E-state index in [1.807, 2.05) is 6.07 Å². The molecule has 1 heterocycles. The quantitative estimate of drug-likeness (QED) is 0.597. The average Bonchev–Trinajstić information content (AvgIpc) is 2.67. The minimum Gasteiger partial charge on any atom is -0.300 e. The number of hydrogen-bond acceptors (Lipinski definition) is 4. The normalized spacial score (nSPS) is 17.3. The third-order valence-electron chi connectivity index (χ3n) is 5.08. The standard InChI is InChI=1S/C20H25N3O2/c1-17(19-8-5-9-20(16-19)23(24)25)22-14-12-21(13-15-22)11-10-18-6-3-2-4-7-18/h2-9,16-17H,10-15H2,1H3. The smallest absolute Gasteiger partial charge is 0.269 e. The summed E-state index contributed by atoms with van der Waals surface area (Å²) in [5.74, 6) is 0. The van der Waals surface area contributed by atoms with Crippen molar-refractivity contribution in [2.45, 2.75) is 19.4 Å². The molecule has 132 valence electrons. The van der Waals surface area contributed by atoms with Crippen LogP contribution in [0.15, 0.2) is 54.6 Å². The maximum atomic E-state index is 11.0. The second-order valence-corrected chi connectivity index (χ2v) is 6.64. The first-order valence-corrected chi connectivity index (χ1v) is 8.88. The summed E-state index contributed by atoms with van der Waals surface area (Å²) in [6.45, 7) is 7.32. The molecule has 0 spiro atoms. The maximum absolute atomic E-state index is 11.0. The van der Waals surface area contributed by atoms with E-state index in [2.05, 4.69) is 47.1 Å². The fraction of sp³-hybridized carbons (Fsp3) is 0.400. The van der Waals surface area contributed by atoms with Gasteiger partial charge >= 0.3 is 0 Å². The van der Waals surface area contributed by atoms with Crippen molar-refractivity contribution < 1.29 is 4.92 Å². The molecule has 1 unspecified atom stereocenters. The Bertz CT molecular complexity index is 697. The van der Waals surface area contributed by atoms with Crippen LogP contribution in [0.3, 0.4) is 0 Å². The summed E-state index contributed by atoms with van der Waals surface area (Å²) in [6.07, 6.45) is 1.08. The van der Waals surface area contributed by atoms with Crippen molar-refractivity contribution in [2.24, 2.45) is 0 Å². The van der Waals surface area contributed by atoms with Crippen LogP contribution >= 0.6 is 0 Å². The zero-order valence-electron chi connectivity index (χ0n) is 14.7. The molecule has 5 heteroatoms. The van der Waals surface area contributed by atoms with Gasteiger partial charge in [-0.1, -0.05) is 42.5 Å². The number of nitrogens with zero attached hydrogens (tertiary/aromatic N) is 3. The van der Waals surface area contributed by atoms with Crippen LogP contribution in [0.4, 0.5) is 5.69 Å². The molecule has 0 saturated carbocycles. The Kier molecular flexibility index (Phi) is 5.79. The Morgan fingerprint density at radius 3 is 2.44 bits per heavy atom. The van der Waals surface area contributed by atoms with Crippen LogP contribution in [-0.4, -0.2) is 47.4 Å². The molecule has 2 aromatic rings. The van der Waals surface area contributed by atoms with E-state index in [0.29, 0.717) is 0 Å². The Labute approximate surface area is 149 Å². The highest BCUT2D eigenvalue weighted by molar-refractivity contribution is 5.35. The highest BCUT2D eigenvalue weighted by Crippen LogP contribution is 2.24. The van der Waals surface area contributed by atoms with Crippen molar-refractivity contribution in [3.05, 3.63) is 75.8 Å². The molecule has 1 saturated heterocycles. The lowest BCUT2D eigenvalue weighted by molar-refractivity contribution is -0.385. The van der Waals surface area contributed by atoms with Crippen LogP contribution in [0.1, 0.15) is 24.1 Å². The van der Waals surface area contributed by atoms with Gasteiger partial charge in [0, 0.05) is 50.9 Å². The van der Waals surface area contributed by atoms with Crippen LogP contribution in [0, 0.1) is 10.1 Å². The SMILES string of the molecule is CC(c1cccc([N+](=O)[O-])c1)N1CCN(CCc2ccccc2)CC1. The van der Waals surface area contributed by atoms with Gasteiger partial charge in [-0.15, -0.1) is 0 Å². The number of benzene rings is 2. The van der Waals surface area contributed by atoms with Crippen molar-refractivity contribution in [1.29, 1.82) is 0 Å². The van der Waals surface area contributed by atoms with Gasteiger partial charge in [0.05, 0.1) is 4.92 Å². The number of nitro benzene ring substituents is 1. The molecular weight excluding hydrogens is 314 g/mol. The Balaban J connectivity index is 1.51. The first kappa shape index (κ1) is 17.6. The predicted molar refractivity (Wildman–Crippen MR) is 99.7 cm³/mol. The molecule has 1 aliphatic heterocycles. The Hall–Kier alpha value is -2.24. The average molecular weight is 339 g/mol. The highest BCUT2D eigenvalue weighted by Gasteiger charge is 2.22. The first-order valence-electron chi connectivity index (χ1n) is 8.88. The third-order valence-corrected chi connectivity index (χ3v) is 5.08. The van der Waals surface area contributed by atoms with E-state index in [1.165, 1.54) is 5.56 Å². The van der Waals surface area contributed by atoms with Crippen LogP contribution in [-0.2, 0) is 6.42 Å². The molecular formula is C20H25N3O2. The number of non-ortho nitro benzene ring substituents is 1. The lowest BCUT2D eigenvalue weighted by Crippen LogP contribution is -2.47. The summed E-state index contributed by atoms with van der Waals surface area (Å²) < 4.78 is 0. The van der Waals surface area contributed by atoms with Crippen molar-refractivity contribution in [3.8, 4) is 0 Å². The molecule has 1 fully saturated rings. The van der Waals surface area contributed by atoms with Crippen molar-refractivity contribution >= 4 is 5.69 Å². The van der Waals surface area contributed by atoms with E-state index < -0.39 is 0 Å². The van der Waals surface area contributed by atoms with Crippen molar-refractivity contribution in [2.75, 3.05) is 32.7 Å². The lowest BCUT2D eigenvalue weighted by Gasteiger charge is -2.38. The Morgan fingerprint density at radius 1 is 1.04 bits per heavy atom. The van der Waals surface area contributed by atoms with Gasteiger partial charge in [-0.2, -0.15) is 0 Å². The number of hydrogen-bond donors (Lipinski definition) is 0. The summed E-state index contributed by atoms with van der Waals surface area (Å²) in [7, 11) is 0. The van der Waals surface area contributed by atoms with Gasteiger partial charge in [0.25, 0.3) is 5.69 Å². The molecule has 0 radical (unpaired) electrons. The second kappa shape index (κ2) is 8.23. The zero-order valence-corrected chi connectivity index (χ0v) is 14.7. The molecule has 3 rings (SSSR count). The fourth-order valence-corrected chi connectivity index (χ4v) is 3.42. The molecule has 5 nitrogen and oxygen atoms in total. The van der Waals surface area contributed by atoms with Gasteiger partial charge in [0.2, 0.25) is 0 Å². The van der Waals surface area contributed by atoms with Gasteiger partial charge in [0.15, 0.2) is 0 Å². The van der Waals surface area contributed by atoms with Gasteiger partial charge in [0.1, 0.15) is 0 Å². The van der Waals surface area contributed by atoms with E-state index in [-0.39, 0.29) is 16.7 Å². The first-order chi connectivity index (χ1) is 12.1. The van der Waals surface area contributed by atoms with E-state index in [1.54, 1.807) is 18.2 Å². The molecule has 25 heavy (non-hydrogen) atoms. The van der Waals surface area contributed by atoms with Gasteiger partial charge in [-0.05, 0) is 24.5 Å². The molecule has 0 aliphatic carbocycles. The summed E-state index contributed by atoms with van der Waals surface area (Å²) in [5.41, 5.74) is 2.58. The van der Waals surface area contributed by atoms with Crippen molar-refractivity contribution in [3.63, 3.8) is 0 Å². The molecule has 2 aromatic carbocycles. The van der Waals surface area contributed by atoms with E-state index in [9.17, 15) is 10.1 Å². The number of rotatable bonds is 6. The van der Waals surface area contributed by atoms with E-state index in [4.69, 9.17) is 0 Å². The molecule has 0 aromatic heterocycles. The number of nitro groups is 1. The van der Waals surface area contributed by atoms with Crippen LogP contribution < -0.4 is 0 Å². The second-order valence-electron chi connectivity index (χ2n) is 6.64. The summed E-state index contributed by atoms with van der Waals surface area (Å²) in [5, 5.41) is 11.0. The largest absolute Gasteiger partial charge is 0.300 e. The Morgan fingerprint density at radius 2 is 1.76 bits per heavy atom. The fourth-order valence-electron chi connectivity index (χ4n) is 3.42. The topological polar surface area (TPSA) is 49.6 Å². The van der Waals surface area contributed by atoms with Gasteiger partial charge in [-0.3, -0.25) is 15.0 Å². The molecule has 0 bridgehead atoms. The summed E-state index contributed by atoms with van der Waals surface area (Å²) in [4.78, 5) is 15.6. The molecule has 1 aliphatic rings. The van der Waals surface area contributed by atoms with E-state index in [0.717, 1.165) is 44.7 Å². The van der Waals surface area contributed by atoms with Crippen LogP contribution in [0.2, 0.25) is 0 Å². The summed E-state index contributed by atoms with van der Waals surface area (Å²) >= 11 is 0. The lowest BCUT2D eigenvalue weighted by atomic mass is 10.1. The highest BCUT2D eigenvalue weighted by atomic mass is 16.6. The molecule has 1 atom stereocenters. The van der Waals surface area contributed by atoms with Crippen molar-refractivity contribution in [1.82, 2.24) is 9.80 Å². The number of piperazine rings is 1. The monoisotopic (exact) mass is 339 g/mol. The van der Waals surface area contributed by atoms with Crippen LogP contribution in [0.25, 0.3) is 0 Å². The minimum atomic E-state index is -0.322. The van der Waals surface area contributed by atoms with Gasteiger partial charge < -0.3 is 4.90 Å².